The number of imidazole rings is 1. The van der Waals surface area contributed by atoms with Crippen LogP contribution >= 0.6 is 24.0 Å². The van der Waals surface area contributed by atoms with Gasteiger partial charge in [0.05, 0.1) is 18.4 Å². The van der Waals surface area contributed by atoms with E-state index >= 15 is 0 Å². The molecule has 5 nitrogen and oxygen atoms in total. The molecule has 7 heteroatoms. The SMILES string of the molecule is Cl.Clc1ccc(-c2cc(-n3cc(Cn4ccnc4)c4ccccc43)on2)cc1. The quantitative estimate of drug-likeness (QED) is 0.387. The maximum absolute atomic E-state index is 5.97. The Morgan fingerprint density at radius 3 is 2.64 bits per heavy atom. The van der Waals surface area contributed by atoms with Gasteiger partial charge in [0.25, 0.3) is 0 Å². The first kappa shape index (κ1) is 18.3. The van der Waals surface area contributed by atoms with E-state index in [9.17, 15) is 0 Å². The number of para-hydroxylation sites is 1. The van der Waals surface area contributed by atoms with E-state index in [0.29, 0.717) is 10.9 Å². The van der Waals surface area contributed by atoms with Gasteiger partial charge in [-0.2, -0.15) is 0 Å². The van der Waals surface area contributed by atoms with Crippen LogP contribution in [-0.4, -0.2) is 19.3 Å². The van der Waals surface area contributed by atoms with Crippen molar-refractivity contribution in [2.24, 2.45) is 0 Å². The molecule has 28 heavy (non-hydrogen) atoms. The third-order valence-electron chi connectivity index (χ3n) is 4.58. The van der Waals surface area contributed by atoms with Crippen molar-refractivity contribution in [1.82, 2.24) is 19.3 Å². The molecular formula is C21H16Cl2N4O. The Balaban J connectivity index is 0.00000192. The summed E-state index contributed by atoms with van der Waals surface area (Å²) >= 11 is 5.97. The molecule has 0 amide bonds. The molecule has 0 unspecified atom stereocenters. The molecule has 2 aromatic carbocycles. The smallest absolute Gasteiger partial charge is 0.236 e. The number of fused-ring (bicyclic) bond motifs is 1. The van der Waals surface area contributed by atoms with Gasteiger partial charge in [-0.25, -0.2) is 4.98 Å². The van der Waals surface area contributed by atoms with Crippen molar-refractivity contribution in [2.45, 2.75) is 6.54 Å². The minimum Gasteiger partial charge on any atom is -0.337 e. The van der Waals surface area contributed by atoms with E-state index in [-0.39, 0.29) is 12.4 Å². The van der Waals surface area contributed by atoms with Gasteiger partial charge in [-0.3, -0.25) is 4.57 Å². The monoisotopic (exact) mass is 410 g/mol. The molecule has 140 valence electrons. The summed E-state index contributed by atoms with van der Waals surface area (Å²) < 4.78 is 9.74. The topological polar surface area (TPSA) is 48.8 Å². The zero-order valence-corrected chi connectivity index (χ0v) is 16.3. The van der Waals surface area contributed by atoms with E-state index in [4.69, 9.17) is 16.1 Å². The van der Waals surface area contributed by atoms with Gasteiger partial charge in [0, 0.05) is 40.6 Å². The van der Waals surface area contributed by atoms with E-state index in [1.54, 1.807) is 6.20 Å². The van der Waals surface area contributed by atoms with Crippen molar-refractivity contribution >= 4 is 34.9 Å². The van der Waals surface area contributed by atoms with Crippen LogP contribution in [0.4, 0.5) is 0 Å². The van der Waals surface area contributed by atoms with Gasteiger partial charge >= 0.3 is 0 Å². The first-order valence-electron chi connectivity index (χ1n) is 8.56. The largest absolute Gasteiger partial charge is 0.337 e. The normalized spacial score (nSPS) is 10.9. The molecule has 0 atom stereocenters. The molecule has 3 heterocycles. The van der Waals surface area contributed by atoms with Gasteiger partial charge < -0.3 is 9.09 Å². The molecule has 5 aromatic rings. The minimum absolute atomic E-state index is 0. The molecule has 0 aliphatic rings. The van der Waals surface area contributed by atoms with Gasteiger partial charge in [-0.05, 0) is 23.8 Å². The molecule has 0 bridgehead atoms. The van der Waals surface area contributed by atoms with Gasteiger partial charge in [-0.1, -0.05) is 47.1 Å². The molecule has 0 aliphatic carbocycles. The summed E-state index contributed by atoms with van der Waals surface area (Å²) in [6.45, 7) is 0.742. The van der Waals surface area contributed by atoms with Gasteiger partial charge in [-0.15, -0.1) is 12.4 Å². The molecule has 0 spiro atoms. The highest BCUT2D eigenvalue weighted by atomic mass is 35.5. The number of halogens is 2. The summed E-state index contributed by atoms with van der Waals surface area (Å²) in [5, 5.41) is 6.10. The number of nitrogens with zero attached hydrogens (tertiary/aromatic N) is 4. The first-order chi connectivity index (χ1) is 13.3. The molecule has 3 aromatic heterocycles. The lowest BCUT2D eigenvalue weighted by molar-refractivity contribution is 0.410. The summed E-state index contributed by atoms with van der Waals surface area (Å²) in [5.74, 6) is 0.674. The Bertz CT molecular complexity index is 1210. The van der Waals surface area contributed by atoms with Gasteiger partial charge in [0.15, 0.2) is 0 Å². The Morgan fingerprint density at radius 1 is 1.04 bits per heavy atom. The molecule has 0 aliphatic heterocycles. The lowest BCUT2D eigenvalue weighted by Crippen LogP contribution is -1.95. The predicted molar refractivity (Wildman–Crippen MR) is 112 cm³/mol. The van der Waals surface area contributed by atoms with Crippen molar-refractivity contribution in [2.75, 3.05) is 0 Å². The Labute approximate surface area is 172 Å². The summed E-state index contributed by atoms with van der Waals surface area (Å²) in [5.41, 5.74) is 4.00. The Kier molecular flexibility index (Phi) is 4.94. The van der Waals surface area contributed by atoms with Gasteiger partial charge in [0.1, 0.15) is 5.69 Å². The lowest BCUT2D eigenvalue weighted by atomic mass is 10.1. The summed E-state index contributed by atoms with van der Waals surface area (Å²) in [6, 6.07) is 17.8. The first-order valence-corrected chi connectivity index (χ1v) is 8.93. The number of aromatic nitrogens is 4. The Morgan fingerprint density at radius 2 is 1.86 bits per heavy atom. The molecule has 0 saturated heterocycles. The number of benzene rings is 2. The highest BCUT2D eigenvalue weighted by Crippen LogP contribution is 2.28. The van der Waals surface area contributed by atoms with Crippen LogP contribution in [-0.2, 0) is 6.54 Å². The van der Waals surface area contributed by atoms with Crippen LogP contribution in [0, 0.1) is 0 Å². The van der Waals surface area contributed by atoms with E-state index in [1.807, 2.05) is 64.1 Å². The Hall–Kier alpha value is -3.02. The fraction of sp³-hybridized carbons (Fsp3) is 0.0476. The van der Waals surface area contributed by atoms with Crippen LogP contribution in [0.25, 0.3) is 28.0 Å². The van der Waals surface area contributed by atoms with Gasteiger partial charge in [0.2, 0.25) is 5.88 Å². The van der Waals surface area contributed by atoms with E-state index in [1.165, 1.54) is 10.9 Å². The average Bonchev–Trinajstić information content (AvgIpc) is 3.43. The second-order valence-electron chi connectivity index (χ2n) is 6.33. The maximum Gasteiger partial charge on any atom is 0.236 e. The predicted octanol–water partition coefficient (Wildman–Crippen LogP) is 5.61. The third-order valence-corrected chi connectivity index (χ3v) is 4.83. The fourth-order valence-electron chi connectivity index (χ4n) is 3.27. The number of hydrogen-bond acceptors (Lipinski definition) is 3. The lowest BCUT2D eigenvalue weighted by Gasteiger charge is -1.99. The molecule has 0 radical (unpaired) electrons. The highest BCUT2D eigenvalue weighted by Gasteiger charge is 2.14. The maximum atomic E-state index is 5.97. The van der Waals surface area contributed by atoms with E-state index in [0.717, 1.165) is 23.3 Å². The van der Waals surface area contributed by atoms with Crippen molar-refractivity contribution in [3.8, 4) is 17.1 Å². The second kappa shape index (κ2) is 7.54. The van der Waals surface area contributed by atoms with Crippen LogP contribution in [0.5, 0.6) is 0 Å². The van der Waals surface area contributed by atoms with Crippen molar-refractivity contribution in [3.05, 3.63) is 90.1 Å². The van der Waals surface area contributed by atoms with Crippen LogP contribution < -0.4 is 0 Å². The van der Waals surface area contributed by atoms with Crippen molar-refractivity contribution < 1.29 is 4.52 Å². The summed E-state index contributed by atoms with van der Waals surface area (Å²) in [7, 11) is 0. The van der Waals surface area contributed by atoms with Crippen LogP contribution in [0.15, 0.2) is 84.0 Å². The summed E-state index contributed by atoms with van der Waals surface area (Å²) in [4.78, 5) is 4.12. The fourth-order valence-corrected chi connectivity index (χ4v) is 3.40. The molecular weight excluding hydrogens is 395 g/mol. The van der Waals surface area contributed by atoms with Crippen LogP contribution in [0.3, 0.4) is 0 Å². The minimum atomic E-state index is 0. The number of hydrogen-bond donors (Lipinski definition) is 0. The zero-order valence-electron chi connectivity index (χ0n) is 14.7. The highest BCUT2D eigenvalue weighted by molar-refractivity contribution is 6.30. The number of rotatable bonds is 4. The standard InChI is InChI=1S/C21H15ClN4O.ClH/c22-17-7-5-15(6-8-17)19-11-21(27-24-19)26-13-16(12-25-10-9-23-14-25)18-3-1-2-4-20(18)26;/h1-11,13-14H,12H2;1H. The third kappa shape index (κ3) is 3.30. The molecule has 0 fully saturated rings. The van der Waals surface area contributed by atoms with Crippen molar-refractivity contribution in [1.29, 1.82) is 0 Å². The van der Waals surface area contributed by atoms with E-state index in [2.05, 4.69) is 28.5 Å². The van der Waals surface area contributed by atoms with Crippen LogP contribution in [0.2, 0.25) is 5.02 Å². The molecule has 5 rings (SSSR count). The molecule has 0 N–H and O–H groups in total. The second-order valence-corrected chi connectivity index (χ2v) is 6.77. The average molecular weight is 411 g/mol. The van der Waals surface area contributed by atoms with Crippen LogP contribution in [0.1, 0.15) is 5.56 Å². The molecule has 0 saturated carbocycles. The zero-order chi connectivity index (χ0) is 18.2. The summed E-state index contributed by atoms with van der Waals surface area (Å²) in [6.07, 6.45) is 7.66. The van der Waals surface area contributed by atoms with E-state index < -0.39 is 0 Å². The van der Waals surface area contributed by atoms with Crippen molar-refractivity contribution in [3.63, 3.8) is 0 Å².